The highest BCUT2D eigenvalue weighted by Crippen LogP contribution is 2.28. The van der Waals surface area contributed by atoms with E-state index in [9.17, 15) is 9.59 Å². The molecule has 2 saturated heterocycles. The van der Waals surface area contributed by atoms with Crippen molar-refractivity contribution >= 4 is 23.2 Å². The van der Waals surface area contributed by atoms with Gasteiger partial charge < -0.3 is 25.4 Å². The number of nitrogens with one attached hydrogen (secondary N) is 1. The predicted molar refractivity (Wildman–Crippen MR) is 121 cm³/mol. The molecule has 2 amide bonds. The standard InChI is InChI=1S/C22H36N4O4S/c1-16-5-6-19(31-16)14-25(13-18-4-3-11-30-18)17-7-10-26(21(27)15-29-2)20(12-17)22(28)24-9-8-23/h5-6,17-18,20H,3-4,7-15,23H2,1-2H3,(H,24,28)/t17?,18?,20-/m1/s1. The highest BCUT2D eigenvalue weighted by Gasteiger charge is 2.38. The number of carbonyl (C=O) groups is 2. The number of amides is 2. The molecule has 31 heavy (non-hydrogen) atoms. The molecule has 0 aromatic carbocycles. The van der Waals surface area contributed by atoms with Crippen molar-refractivity contribution in [2.75, 3.05) is 46.5 Å². The molecule has 0 saturated carbocycles. The molecule has 174 valence electrons. The van der Waals surface area contributed by atoms with Crippen LogP contribution in [0.4, 0.5) is 0 Å². The summed E-state index contributed by atoms with van der Waals surface area (Å²) in [6.45, 7) is 5.94. The lowest BCUT2D eigenvalue weighted by Gasteiger charge is -2.43. The summed E-state index contributed by atoms with van der Waals surface area (Å²) in [4.78, 5) is 32.3. The zero-order valence-electron chi connectivity index (χ0n) is 18.7. The van der Waals surface area contributed by atoms with Crippen LogP contribution in [0.1, 0.15) is 35.4 Å². The van der Waals surface area contributed by atoms with Crippen LogP contribution in [-0.2, 0) is 25.6 Å². The van der Waals surface area contributed by atoms with Gasteiger partial charge in [0.1, 0.15) is 12.6 Å². The Balaban J connectivity index is 1.75. The molecule has 3 heterocycles. The molecule has 9 heteroatoms. The average Bonchev–Trinajstić information content (AvgIpc) is 3.43. The van der Waals surface area contributed by atoms with Gasteiger partial charge in [-0.3, -0.25) is 14.5 Å². The Kier molecular flexibility index (Phi) is 9.28. The van der Waals surface area contributed by atoms with Gasteiger partial charge >= 0.3 is 0 Å². The van der Waals surface area contributed by atoms with Gasteiger partial charge in [-0.15, -0.1) is 11.3 Å². The van der Waals surface area contributed by atoms with Crippen LogP contribution in [0.15, 0.2) is 12.1 Å². The molecular weight excluding hydrogens is 416 g/mol. The van der Waals surface area contributed by atoms with Crippen molar-refractivity contribution in [3.63, 3.8) is 0 Å². The maximum absolute atomic E-state index is 12.9. The number of thiophene rings is 1. The van der Waals surface area contributed by atoms with Gasteiger partial charge in [0, 0.05) is 62.2 Å². The van der Waals surface area contributed by atoms with Crippen molar-refractivity contribution < 1.29 is 19.1 Å². The molecule has 0 spiro atoms. The number of rotatable bonds is 10. The van der Waals surface area contributed by atoms with Crippen molar-refractivity contribution in [2.45, 2.75) is 57.3 Å². The van der Waals surface area contributed by atoms with Crippen molar-refractivity contribution in [2.24, 2.45) is 5.73 Å². The topological polar surface area (TPSA) is 97.1 Å². The summed E-state index contributed by atoms with van der Waals surface area (Å²) in [6, 6.07) is 4.03. The Labute approximate surface area is 189 Å². The van der Waals surface area contributed by atoms with E-state index in [1.54, 1.807) is 4.90 Å². The number of ether oxygens (including phenoxy) is 2. The molecular formula is C22H36N4O4S. The first-order valence-electron chi connectivity index (χ1n) is 11.2. The molecule has 8 nitrogen and oxygen atoms in total. The second-order valence-corrected chi connectivity index (χ2v) is 9.74. The molecule has 1 aromatic rings. The monoisotopic (exact) mass is 452 g/mol. The van der Waals surface area contributed by atoms with Crippen molar-refractivity contribution in [1.29, 1.82) is 0 Å². The summed E-state index contributed by atoms with van der Waals surface area (Å²) in [7, 11) is 1.50. The smallest absolute Gasteiger partial charge is 0.249 e. The molecule has 2 fully saturated rings. The highest BCUT2D eigenvalue weighted by atomic mass is 32.1. The van der Waals surface area contributed by atoms with Gasteiger partial charge in [0.05, 0.1) is 6.10 Å². The van der Waals surface area contributed by atoms with Crippen LogP contribution in [0.5, 0.6) is 0 Å². The van der Waals surface area contributed by atoms with E-state index >= 15 is 0 Å². The van der Waals surface area contributed by atoms with Crippen molar-refractivity contribution in [1.82, 2.24) is 15.1 Å². The quantitative estimate of drug-likeness (QED) is 0.552. The van der Waals surface area contributed by atoms with Crippen LogP contribution < -0.4 is 11.1 Å². The summed E-state index contributed by atoms with van der Waals surface area (Å²) in [5.74, 6) is -0.281. The van der Waals surface area contributed by atoms with E-state index in [0.29, 0.717) is 26.1 Å². The Morgan fingerprint density at radius 2 is 2.23 bits per heavy atom. The third-order valence-electron chi connectivity index (χ3n) is 6.04. The highest BCUT2D eigenvalue weighted by molar-refractivity contribution is 7.11. The Morgan fingerprint density at radius 3 is 2.87 bits per heavy atom. The molecule has 2 unspecified atom stereocenters. The molecule has 3 N–H and O–H groups in total. The van der Waals surface area contributed by atoms with Crippen LogP contribution in [0.3, 0.4) is 0 Å². The molecule has 0 aliphatic carbocycles. The predicted octanol–water partition coefficient (Wildman–Crippen LogP) is 1.12. The fourth-order valence-corrected chi connectivity index (χ4v) is 5.42. The SMILES string of the molecule is COCC(=O)N1CCC(N(Cc2ccc(C)s2)CC2CCCO2)C[C@@H]1C(=O)NCCN. The van der Waals surface area contributed by atoms with Gasteiger partial charge in [-0.25, -0.2) is 0 Å². The summed E-state index contributed by atoms with van der Waals surface area (Å²) in [5, 5.41) is 2.87. The molecule has 2 aliphatic heterocycles. The molecule has 2 aliphatic rings. The second kappa shape index (κ2) is 11.9. The van der Waals surface area contributed by atoms with Gasteiger partial charge in [0.25, 0.3) is 0 Å². The van der Waals surface area contributed by atoms with Crippen molar-refractivity contribution in [3.05, 3.63) is 21.9 Å². The Morgan fingerprint density at radius 1 is 1.39 bits per heavy atom. The minimum atomic E-state index is -0.509. The first-order chi connectivity index (χ1) is 15.0. The summed E-state index contributed by atoms with van der Waals surface area (Å²) in [5.41, 5.74) is 5.57. The number of nitrogens with zero attached hydrogens (tertiary/aromatic N) is 2. The number of hydrogen-bond acceptors (Lipinski definition) is 7. The van der Waals surface area contributed by atoms with Gasteiger partial charge in [-0.1, -0.05) is 0 Å². The fourth-order valence-electron chi connectivity index (χ4n) is 4.51. The second-order valence-electron chi connectivity index (χ2n) is 8.37. The minimum absolute atomic E-state index is 0.0144. The normalized spacial score (nSPS) is 24.0. The van der Waals surface area contributed by atoms with Gasteiger partial charge in [-0.05, 0) is 44.7 Å². The first kappa shape index (κ1) is 24.1. The lowest BCUT2D eigenvalue weighted by atomic mass is 9.94. The minimum Gasteiger partial charge on any atom is -0.377 e. The number of likely N-dealkylation sites (tertiary alicyclic amines) is 1. The maximum Gasteiger partial charge on any atom is 0.249 e. The fraction of sp³-hybridized carbons (Fsp3) is 0.727. The molecule has 3 rings (SSSR count). The van der Waals surface area contributed by atoms with Crippen LogP contribution in [0.25, 0.3) is 0 Å². The zero-order valence-corrected chi connectivity index (χ0v) is 19.5. The zero-order chi connectivity index (χ0) is 22.2. The van der Waals surface area contributed by atoms with E-state index < -0.39 is 6.04 Å². The molecule has 3 atom stereocenters. The number of methoxy groups -OCH3 is 1. The number of aryl methyl sites for hydroxylation is 1. The largest absolute Gasteiger partial charge is 0.377 e. The van der Waals surface area contributed by atoms with Crippen LogP contribution in [0.2, 0.25) is 0 Å². The van der Waals surface area contributed by atoms with E-state index in [1.165, 1.54) is 16.9 Å². The van der Waals surface area contributed by atoms with Crippen LogP contribution >= 0.6 is 11.3 Å². The summed E-state index contributed by atoms with van der Waals surface area (Å²) in [6.07, 6.45) is 3.84. The maximum atomic E-state index is 12.9. The third kappa shape index (κ3) is 6.73. The van der Waals surface area contributed by atoms with Gasteiger partial charge in [0.15, 0.2) is 0 Å². The van der Waals surface area contributed by atoms with E-state index in [4.69, 9.17) is 15.2 Å². The lowest BCUT2D eigenvalue weighted by Crippen LogP contribution is -2.58. The molecule has 1 aromatic heterocycles. The Bertz CT molecular complexity index is 722. The first-order valence-corrected chi connectivity index (χ1v) is 12.0. The van der Waals surface area contributed by atoms with Crippen LogP contribution in [-0.4, -0.2) is 86.3 Å². The van der Waals surface area contributed by atoms with Gasteiger partial charge in [0.2, 0.25) is 11.8 Å². The Hall–Kier alpha value is -1.52. The summed E-state index contributed by atoms with van der Waals surface area (Å²) < 4.78 is 11.0. The van der Waals surface area contributed by atoms with Crippen molar-refractivity contribution in [3.8, 4) is 0 Å². The average molecular weight is 453 g/mol. The number of carbonyl (C=O) groups excluding carboxylic acids is 2. The van der Waals surface area contributed by atoms with E-state index in [2.05, 4.69) is 29.3 Å². The van der Waals surface area contributed by atoms with E-state index in [-0.39, 0.29) is 30.6 Å². The number of piperidine rings is 1. The van der Waals surface area contributed by atoms with E-state index in [0.717, 1.165) is 39.0 Å². The van der Waals surface area contributed by atoms with Crippen LogP contribution in [0, 0.1) is 6.92 Å². The molecule has 0 bridgehead atoms. The lowest BCUT2D eigenvalue weighted by molar-refractivity contribution is -0.146. The summed E-state index contributed by atoms with van der Waals surface area (Å²) >= 11 is 1.81. The number of nitrogens with two attached hydrogens (primary N) is 1. The van der Waals surface area contributed by atoms with E-state index in [1.807, 2.05) is 11.3 Å². The molecule has 0 radical (unpaired) electrons. The number of hydrogen-bond donors (Lipinski definition) is 2. The van der Waals surface area contributed by atoms with Gasteiger partial charge in [-0.2, -0.15) is 0 Å². The third-order valence-corrected chi connectivity index (χ3v) is 7.03.